The van der Waals surface area contributed by atoms with Gasteiger partial charge in [0.15, 0.2) is 0 Å². The van der Waals surface area contributed by atoms with Gasteiger partial charge < -0.3 is 19.4 Å². The lowest BCUT2D eigenvalue weighted by Gasteiger charge is -2.13. The van der Waals surface area contributed by atoms with E-state index in [0.717, 1.165) is 5.56 Å². The van der Waals surface area contributed by atoms with E-state index in [2.05, 4.69) is 5.16 Å². The molecule has 0 saturated heterocycles. The summed E-state index contributed by atoms with van der Waals surface area (Å²) in [5, 5.41) is 12.6. The molecular formula is C19H19NO5. The third-order valence-electron chi connectivity index (χ3n) is 3.40. The molecule has 0 aromatic heterocycles. The quantitative estimate of drug-likeness (QED) is 0.166. The van der Waals surface area contributed by atoms with Crippen LogP contribution < -0.4 is 0 Å². The van der Waals surface area contributed by atoms with Crippen LogP contribution in [0.4, 0.5) is 0 Å². The molecule has 0 bridgehead atoms. The van der Waals surface area contributed by atoms with Gasteiger partial charge in [-0.05, 0) is 16.8 Å². The zero-order valence-electron chi connectivity index (χ0n) is 14.0. The van der Waals surface area contributed by atoms with Gasteiger partial charge in [0, 0.05) is 11.1 Å². The predicted molar refractivity (Wildman–Crippen MR) is 93.0 cm³/mol. The number of benzene rings is 2. The Hall–Kier alpha value is -3.28. The van der Waals surface area contributed by atoms with Gasteiger partial charge in [0.1, 0.15) is 12.2 Å². The number of carbonyl (C=O) groups is 1. The summed E-state index contributed by atoms with van der Waals surface area (Å²) < 4.78 is 15.4. The standard InChI is InChI=1S/C19H19NO5/c1-23-13-17(19(21)24-2)15-10-6-7-11-16(15)18(20-22)25-12-14-8-4-3-5-9-14/h3-11,13,22H,12H2,1-2H3. The Balaban J connectivity index is 2.34. The maximum absolute atomic E-state index is 12.0. The number of carbonyl (C=O) groups excluding carboxylic acids is 1. The van der Waals surface area contributed by atoms with Crippen LogP contribution in [0.25, 0.3) is 5.57 Å². The Kier molecular flexibility index (Phi) is 6.59. The predicted octanol–water partition coefficient (Wildman–Crippen LogP) is 3.20. The van der Waals surface area contributed by atoms with Crippen LogP contribution in [0.5, 0.6) is 0 Å². The van der Waals surface area contributed by atoms with Crippen molar-refractivity contribution in [3.63, 3.8) is 0 Å². The van der Waals surface area contributed by atoms with Crippen molar-refractivity contribution in [1.29, 1.82) is 0 Å². The summed E-state index contributed by atoms with van der Waals surface area (Å²) in [4.78, 5) is 12.0. The van der Waals surface area contributed by atoms with Gasteiger partial charge in [-0.15, -0.1) is 0 Å². The van der Waals surface area contributed by atoms with Crippen molar-refractivity contribution >= 4 is 17.4 Å². The summed E-state index contributed by atoms with van der Waals surface area (Å²) in [5.74, 6) is -0.583. The minimum absolute atomic E-state index is 0.00893. The summed E-state index contributed by atoms with van der Waals surface area (Å²) in [6.45, 7) is 0.218. The molecule has 0 heterocycles. The van der Waals surface area contributed by atoms with Gasteiger partial charge in [0.2, 0.25) is 0 Å². The number of hydrogen-bond donors (Lipinski definition) is 1. The molecule has 0 aliphatic carbocycles. The highest BCUT2D eigenvalue weighted by molar-refractivity contribution is 6.19. The first-order valence-corrected chi connectivity index (χ1v) is 7.51. The van der Waals surface area contributed by atoms with Crippen LogP contribution in [0.1, 0.15) is 16.7 Å². The normalized spacial score (nSPS) is 11.8. The Morgan fingerprint density at radius 3 is 2.28 bits per heavy atom. The van der Waals surface area contributed by atoms with Crippen LogP contribution >= 0.6 is 0 Å². The third kappa shape index (κ3) is 4.60. The molecule has 6 nitrogen and oxygen atoms in total. The number of oxime groups is 1. The third-order valence-corrected chi connectivity index (χ3v) is 3.40. The fourth-order valence-corrected chi connectivity index (χ4v) is 2.24. The van der Waals surface area contributed by atoms with Crippen molar-refractivity contribution in [3.05, 3.63) is 77.5 Å². The van der Waals surface area contributed by atoms with Crippen LogP contribution in [-0.2, 0) is 25.6 Å². The zero-order valence-corrected chi connectivity index (χ0v) is 14.0. The van der Waals surface area contributed by atoms with E-state index < -0.39 is 5.97 Å². The molecule has 6 heteroatoms. The number of nitrogens with zero attached hydrogens (tertiary/aromatic N) is 1. The van der Waals surface area contributed by atoms with Crippen molar-refractivity contribution in [2.24, 2.45) is 5.16 Å². The van der Waals surface area contributed by atoms with Gasteiger partial charge in [-0.2, -0.15) is 0 Å². The van der Waals surface area contributed by atoms with Crippen LogP contribution in [0.2, 0.25) is 0 Å². The molecular weight excluding hydrogens is 322 g/mol. The molecule has 25 heavy (non-hydrogen) atoms. The number of ether oxygens (including phenoxy) is 3. The Labute approximate surface area is 145 Å². The van der Waals surface area contributed by atoms with Gasteiger partial charge in [-0.1, -0.05) is 48.5 Å². The zero-order chi connectivity index (χ0) is 18.1. The van der Waals surface area contributed by atoms with E-state index in [1.807, 2.05) is 30.3 Å². The molecule has 0 atom stereocenters. The molecule has 1 N–H and O–H groups in total. The summed E-state index contributed by atoms with van der Waals surface area (Å²) in [6, 6.07) is 16.3. The van der Waals surface area contributed by atoms with E-state index in [0.29, 0.717) is 11.1 Å². The van der Waals surface area contributed by atoms with Crippen molar-refractivity contribution in [2.75, 3.05) is 14.2 Å². The highest BCUT2D eigenvalue weighted by Crippen LogP contribution is 2.22. The molecule has 0 amide bonds. The van der Waals surface area contributed by atoms with Gasteiger partial charge in [-0.3, -0.25) is 0 Å². The summed E-state index contributed by atoms with van der Waals surface area (Å²) in [5.41, 5.74) is 2.01. The minimum Gasteiger partial charge on any atom is -0.503 e. The minimum atomic E-state index is -0.574. The molecule has 2 aromatic carbocycles. The number of methoxy groups -OCH3 is 2. The molecule has 130 valence electrons. The highest BCUT2D eigenvalue weighted by atomic mass is 16.5. The van der Waals surface area contributed by atoms with Crippen molar-refractivity contribution in [2.45, 2.75) is 6.61 Å². The molecule has 0 fully saturated rings. The Morgan fingerprint density at radius 1 is 1.04 bits per heavy atom. The summed E-state index contributed by atoms with van der Waals surface area (Å²) >= 11 is 0. The maximum Gasteiger partial charge on any atom is 0.341 e. The van der Waals surface area contributed by atoms with Crippen LogP contribution in [0.15, 0.2) is 66.0 Å². The van der Waals surface area contributed by atoms with Gasteiger partial charge in [0.25, 0.3) is 5.90 Å². The van der Waals surface area contributed by atoms with E-state index in [1.165, 1.54) is 20.5 Å². The smallest absolute Gasteiger partial charge is 0.341 e. The van der Waals surface area contributed by atoms with Crippen LogP contribution in [0, 0.1) is 0 Å². The SMILES string of the molecule is COC=C(C(=O)OC)c1ccccc1C(=NO)OCc1ccccc1. The monoisotopic (exact) mass is 341 g/mol. The second-order valence-corrected chi connectivity index (χ2v) is 4.98. The Morgan fingerprint density at radius 2 is 1.68 bits per heavy atom. The molecule has 0 radical (unpaired) electrons. The molecule has 0 aliphatic rings. The lowest BCUT2D eigenvalue weighted by molar-refractivity contribution is -0.133. The molecule has 2 aromatic rings. The van der Waals surface area contributed by atoms with Gasteiger partial charge in [-0.25, -0.2) is 4.79 Å². The maximum atomic E-state index is 12.0. The van der Waals surface area contributed by atoms with E-state index in [9.17, 15) is 10.0 Å². The first-order valence-electron chi connectivity index (χ1n) is 7.51. The second kappa shape index (κ2) is 9.12. The number of hydrogen-bond acceptors (Lipinski definition) is 6. The lowest BCUT2D eigenvalue weighted by Crippen LogP contribution is -2.13. The largest absolute Gasteiger partial charge is 0.503 e. The fraction of sp³-hybridized carbons (Fsp3) is 0.158. The fourth-order valence-electron chi connectivity index (χ4n) is 2.24. The average Bonchev–Trinajstić information content (AvgIpc) is 2.67. The van der Waals surface area contributed by atoms with Gasteiger partial charge in [0.05, 0.1) is 20.5 Å². The first kappa shape index (κ1) is 18.1. The first-order chi connectivity index (χ1) is 12.2. The number of rotatable bonds is 6. The number of esters is 1. The topological polar surface area (TPSA) is 77.4 Å². The average molecular weight is 341 g/mol. The van der Waals surface area contributed by atoms with Crippen molar-refractivity contribution in [3.8, 4) is 0 Å². The molecule has 0 aliphatic heterocycles. The van der Waals surface area contributed by atoms with Crippen molar-refractivity contribution < 1.29 is 24.2 Å². The van der Waals surface area contributed by atoms with Crippen molar-refractivity contribution in [1.82, 2.24) is 0 Å². The van der Waals surface area contributed by atoms with E-state index in [-0.39, 0.29) is 18.1 Å². The van der Waals surface area contributed by atoms with Gasteiger partial charge >= 0.3 is 5.97 Å². The van der Waals surface area contributed by atoms with Crippen LogP contribution in [0.3, 0.4) is 0 Å². The second-order valence-electron chi connectivity index (χ2n) is 4.98. The molecule has 0 spiro atoms. The summed E-state index contributed by atoms with van der Waals surface area (Å²) in [6.07, 6.45) is 1.27. The summed E-state index contributed by atoms with van der Waals surface area (Å²) in [7, 11) is 2.71. The molecule has 0 saturated carbocycles. The van der Waals surface area contributed by atoms with Crippen LogP contribution in [-0.4, -0.2) is 31.3 Å². The molecule has 0 unspecified atom stereocenters. The molecule has 2 rings (SSSR count). The lowest BCUT2D eigenvalue weighted by atomic mass is 10.0. The van der Waals surface area contributed by atoms with E-state index >= 15 is 0 Å². The van der Waals surface area contributed by atoms with E-state index in [4.69, 9.17) is 14.2 Å². The van der Waals surface area contributed by atoms with E-state index in [1.54, 1.807) is 24.3 Å². The highest BCUT2D eigenvalue weighted by Gasteiger charge is 2.20. The Bertz CT molecular complexity index is 768.